The Bertz CT molecular complexity index is 410. The molecule has 0 bridgehead atoms. The summed E-state index contributed by atoms with van der Waals surface area (Å²) >= 11 is 3.40. The van der Waals surface area contributed by atoms with Crippen molar-refractivity contribution < 1.29 is 9.53 Å². The predicted molar refractivity (Wildman–Crippen MR) is 87.3 cm³/mol. The van der Waals surface area contributed by atoms with Gasteiger partial charge in [0.05, 0.1) is 18.7 Å². The summed E-state index contributed by atoms with van der Waals surface area (Å²) in [6.07, 6.45) is 0. The van der Waals surface area contributed by atoms with Gasteiger partial charge in [0.25, 0.3) is 0 Å². The maximum atomic E-state index is 11.8. The quantitative estimate of drug-likeness (QED) is 0.730. The molecular weight excluding hydrogens is 344 g/mol. The highest BCUT2D eigenvalue weighted by molar-refractivity contribution is 9.10. The number of methoxy groups -OCH3 is 1. The number of rotatable bonds is 7. The van der Waals surface area contributed by atoms with E-state index in [1.165, 1.54) is 0 Å². The first kappa shape index (κ1) is 19.4. The fraction of sp³-hybridized carbons (Fsp3) is 0.500. The number of nitrogens with one attached hydrogen (secondary N) is 2. The molecular formula is C14H22BrClN2O2. The fourth-order valence-corrected chi connectivity index (χ4v) is 1.97. The second kappa shape index (κ2) is 9.34. The molecule has 114 valence electrons. The third-order valence-corrected chi connectivity index (χ3v) is 3.32. The number of hydrogen-bond donors (Lipinski definition) is 2. The number of ether oxygens (including phenoxy) is 1. The Kier molecular flexibility index (Phi) is 9.05. The molecule has 0 aliphatic carbocycles. The molecule has 0 saturated heterocycles. The first-order valence-corrected chi connectivity index (χ1v) is 7.02. The van der Waals surface area contributed by atoms with Crippen LogP contribution >= 0.6 is 28.3 Å². The average molecular weight is 366 g/mol. The van der Waals surface area contributed by atoms with Crippen LogP contribution in [-0.4, -0.2) is 32.7 Å². The second-order valence-electron chi connectivity index (χ2n) is 4.85. The van der Waals surface area contributed by atoms with Crippen molar-refractivity contribution in [1.82, 2.24) is 10.6 Å². The van der Waals surface area contributed by atoms with Gasteiger partial charge in [-0.2, -0.15) is 0 Å². The first-order valence-electron chi connectivity index (χ1n) is 6.22. The summed E-state index contributed by atoms with van der Waals surface area (Å²) in [7, 11) is 1.64. The minimum Gasteiger partial charge on any atom is -0.383 e. The Morgan fingerprint density at radius 2 is 1.90 bits per heavy atom. The molecule has 0 saturated carbocycles. The Morgan fingerprint density at radius 1 is 1.30 bits per heavy atom. The summed E-state index contributed by atoms with van der Waals surface area (Å²) in [5.74, 6) is -0.0241. The molecule has 1 rings (SSSR count). The van der Waals surface area contributed by atoms with E-state index in [0.29, 0.717) is 19.7 Å². The van der Waals surface area contributed by atoms with E-state index in [0.717, 1.165) is 10.0 Å². The fourth-order valence-electron chi connectivity index (χ4n) is 1.71. The van der Waals surface area contributed by atoms with E-state index < -0.39 is 0 Å². The van der Waals surface area contributed by atoms with Crippen LogP contribution < -0.4 is 10.6 Å². The highest BCUT2D eigenvalue weighted by Crippen LogP contribution is 2.21. The normalized spacial score (nSPS) is 10.8. The zero-order valence-electron chi connectivity index (χ0n) is 12.0. The number of carbonyl (C=O) groups excluding carboxylic acids is 1. The molecule has 0 aromatic heterocycles. The van der Waals surface area contributed by atoms with E-state index in [4.69, 9.17) is 4.74 Å². The monoisotopic (exact) mass is 364 g/mol. The van der Waals surface area contributed by atoms with Gasteiger partial charge in [0.15, 0.2) is 0 Å². The number of hydrogen-bond acceptors (Lipinski definition) is 3. The molecule has 0 unspecified atom stereocenters. The smallest absolute Gasteiger partial charge is 0.234 e. The zero-order valence-corrected chi connectivity index (χ0v) is 14.4. The van der Waals surface area contributed by atoms with E-state index in [1.54, 1.807) is 7.11 Å². The topological polar surface area (TPSA) is 50.4 Å². The van der Waals surface area contributed by atoms with Gasteiger partial charge in [-0.1, -0.05) is 28.1 Å². The molecule has 0 aliphatic heterocycles. The second-order valence-corrected chi connectivity index (χ2v) is 5.77. The van der Waals surface area contributed by atoms with Crippen molar-refractivity contribution in [3.8, 4) is 0 Å². The number of amides is 1. The van der Waals surface area contributed by atoms with Crippen LogP contribution in [0, 0.1) is 0 Å². The molecule has 4 nitrogen and oxygen atoms in total. The van der Waals surface area contributed by atoms with Crippen molar-refractivity contribution in [3.63, 3.8) is 0 Å². The lowest BCUT2D eigenvalue weighted by atomic mass is 9.94. The number of halogens is 2. The van der Waals surface area contributed by atoms with Gasteiger partial charge in [-0.15, -0.1) is 12.4 Å². The molecule has 20 heavy (non-hydrogen) atoms. The average Bonchev–Trinajstić information content (AvgIpc) is 2.34. The Hall–Kier alpha value is -0.620. The molecule has 0 fully saturated rings. The minimum absolute atomic E-state index is 0. The Balaban J connectivity index is 0.00000361. The highest BCUT2D eigenvalue weighted by atomic mass is 79.9. The van der Waals surface area contributed by atoms with Crippen molar-refractivity contribution in [3.05, 3.63) is 34.3 Å². The van der Waals surface area contributed by atoms with Crippen LogP contribution in [0.1, 0.15) is 19.4 Å². The summed E-state index contributed by atoms with van der Waals surface area (Å²) in [5, 5.41) is 6.04. The van der Waals surface area contributed by atoms with Crippen LogP contribution in [0.3, 0.4) is 0 Å². The van der Waals surface area contributed by atoms with Gasteiger partial charge < -0.3 is 15.4 Å². The lowest BCUT2D eigenvalue weighted by Gasteiger charge is -2.27. The van der Waals surface area contributed by atoms with E-state index in [-0.39, 0.29) is 23.9 Å². The van der Waals surface area contributed by atoms with E-state index >= 15 is 0 Å². The van der Waals surface area contributed by atoms with Gasteiger partial charge in [-0.25, -0.2) is 0 Å². The summed E-state index contributed by atoms with van der Waals surface area (Å²) < 4.78 is 5.93. The molecule has 1 aromatic carbocycles. The summed E-state index contributed by atoms with van der Waals surface area (Å²) in [6, 6.07) is 7.95. The molecule has 0 atom stereocenters. The molecule has 6 heteroatoms. The van der Waals surface area contributed by atoms with Gasteiger partial charge in [0.1, 0.15) is 0 Å². The molecule has 1 amide bonds. The summed E-state index contributed by atoms with van der Waals surface area (Å²) in [5.41, 5.74) is 0.682. The minimum atomic E-state index is -0.388. The maximum absolute atomic E-state index is 11.8. The zero-order chi connectivity index (χ0) is 14.3. The molecule has 0 aliphatic rings. The Morgan fingerprint density at radius 3 is 2.45 bits per heavy atom. The van der Waals surface area contributed by atoms with E-state index in [2.05, 4.69) is 26.6 Å². The first-order chi connectivity index (χ1) is 8.95. The SMILES string of the molecule is COCCNCC(=O)NC(C)(C)c1ccc(Br)cc1.Cl. The van der Waals surface area contributed by atoms with Crippen molar-refractivity contribution in [2.75, 3.05) is 26.8 Å². The van der Waals surface area contributed by atoms with Crippen LogP contribution in [0.15, 0.2) is 28.7 Å². The third-order valence-electron chi connectivity index (χ3n) is 2.79. The van der Waals surface area contributed by atoms with Crippen molar-refractivity contribution in [1.29, 1.82) is 0 Å². The summed E-state index contributed by atoms with van der Waals surface area (Å²) in [6.45, 7) is 5.54. The van der Waals surface area contributed by atoms with Crippen LogP contribution in [0.25, 0.3) is 0 Å². The Labute approximate surface area is 135 Å². The molecule has 0 heterocycles. The van der Waals surface area contributed by atoms with Gasteiger partial charge >= 0.3 is 0 Å². The van der Waals surface area contributed by atoms with Crippen molar-refractivity contribution in [2.24, 2.45) is 0 Å². The van der Waals surface area contributed by atoms with Gasteiger partial charge in [-0.3, -0.25) is 4.79 Å². The summed E-state index contributed by atoms with van der Waals surface area (Å²) in [4.78, 5) is 11.8. The van der Waals surface area contributed by atoms with E-state index in [1.807, 2.05) is 38.1 Å². The molecule has 0 radical (unpaired) electrons. The van der Waals surface area contributed by atoms with Crippen LogP contribution in [0.2, 0.25) is 0 Å². The van der Waals surface area contributed by atoms with Crippen LogP contribution in [0.4, 0.5) is 0 Å². The van der Waals surface area contributed by atoms with Crippen molar-refractivity contribution in [2.45, 2.75) is 19.4 Å². The van der Waals surface area contributed by atoms with Crippen LogP contribution in [-0.2, 0) is 15.1 Å². The van der Waals surface area contributed by atoms with Gasteiger partial charge in [0, 0.05) is 18.1 Å². The molecule has 2 N–H and O–H groups in total. The molecule has 1 aromatic rings. The highest BCUT2D eigenvalue weighted by Gasteiger charge is 2.22. The van der Waals surface area contributed by atoms with Gasteiger partial charge in [0.2, 0.25) is 5.91 Å². The lowest BCUT2D eigenvalue weighted by molar-refractivity contribution is -0.121. The largest absolute Gasteiger partial charge is 0.383 e. The van der Waals surface area contributed by atoms with Gasteiger partial charge in [-0.05, 0) is 31.5 Å². The number of carbonyl (C=O) groups is 1. The maximum Gasteiger partial charge on any atom is 0.234 e. The van der Waals surface area contributed by atoms with E-state index in [9.17, 15) is 4.79 Å². The standard InChI is InChI=1S/C14H21BrN2O2.ClH/c1-14(2,11-4-6-12(15)7-5-11)17-13(18)10-16-8-9-19-3;/h4-7,16H,8-10H2,1-3H3,(H,17,18);1H. The number of benzene rings is 1. The molecule has 0 spiro atoms. The van der Waals surface area contributed by atoms with Crippen LogP contribution in [0.5, 0.6) is 0 Å². The third kappa shape index (κ3) is 6.70. The van der Waals surface area contributed by atoms with Crippen molar-refractivity contribution >= 4 is 34.2 Å². The lowest BCUT2D eigenvalue weighted by Crippen LogP contribution is -2.45. The predicted octanol–water partition coefficient (Wildman–Crippen LogP) is 2.46.